The van der Waals surface area contributed by atoms with Gasteiger partial charge in [-0.15, -0.1) is 0 Å². The lowest BCUT2D eigenvalue weighted by Crippen LogP contribution is -2.36. The first-order valence-electron chi connectivity index (χ1n) is 11.0. The molecule has 2 aliphatic heterocycles. The highest BCUT2D eigenvalue weighted by molar-refractivity contribution is 5.88. The smallest absolute Gasteiger partial charge is 0.154 e. The number of fused-ring (bicyclic) bond motifs is 1. The SMILES string of the molecule is Fc1cc(-c2cc3nccnc3c(NC[C@H]3CCCNC3)n2)ccc1N1CCOCC1. The minimum atomic E-state index is -0.247. The van der Waals surface area contributed by atoms with E-state index < -0.39 is 0 Å². The van der Waals surface area contributed by atoms with Crippen LogP contribution >= 0.6 is 0 Å². The fourth-order valence-electron chi connectivity index (χ4n) is 4.31. The van der Waals surface area contributed by atoms with E-state index in [-0.39, 0.29) is 5.82 Å². The summed E-state index contributed by atoms with van der Waals surface area (Å²) in [5.41, 5.74) is 3.50. The maximum Gasteiger partial charge on any atom is 0.154 e. The van der Waals surface area contributed by atoms with Crippen molar-refractivity contribution in [2.45, 2.75) is 12.8 Å². The molecule has 1 aromatic carbocycles. The lowest BCUT2D eigenvalue weighted by atomic mass is 10.00. The quantitative estimate of drug-likeness (QED) is 0.654. The topological polar surface area (TPSA) is 75.2 Å². The number of aromatic nitrogens is 3. The summed E-state index contributed by atoms with van der Waals surface area (Å²) in [5.74, 6) is 1.00. The number of benzene rings is 1. The van der Waals surface area contributed by atoms with Crippen LogP contribution in [0.15, 0.2) is 36.7 Å². The van der Waals surface area contributed by atoms with Crippen LogP contribution in [0.2, 0.25) is 0 Å². The molecule has 0 spiro atoms. The van der Waals surface area contributed by atoms with E-state index in [2.05, 4.69) is 20.6 Å². The van der Waals surface area contributed by atoms with Crippen LogP contribution in [0.3, 0.4) is 0 Å². The number of nitrogens with zero attached hydrogens (tertiary/aromatic N) is 4. The van der Waals surface area contributed by atoms with Gasteiger partial charge in [-0.2, -0.15) is 0 Å². The van der Waals surface area contributed by atoms with E-state index in [1.165, 1.54) is 12.8 Å². The van der Waals surface area contributed by atoms with Gasteiger partial charge in [0.2, 0.25) is 0 Å². The van der Waals surface area contributed by atoms with Crippen molar-refractivity contribution in [2.24, 2.45) is 5.92 Å². The second-order valence-electron chi connectivity index (χ2n) is 8.14. The number of halogens is 1. The summed E-state index contributed by atoms with van der Waals surface area (Å²) >= 11 is 0. The zero-order chi connectivity index (χ0) is 21.0. The van der Waals surface area contributed by atoms with E-state index in [0.29, 0.717) is 49.4 Å². The molecule has 2 N–H and O–H groups in total. The predicted octanol–water partition coefficient (Wildman–Crippen LogP) is 3.08. The molecule has 162 valence electrons. The highest BCUT2D eigenvalue weighted by atomic mass is 19.1. The fraction of sp³-hybridized carbons (Fsp3) is 0.435. The van der Waals surface area contributed by atoms with E-state index in [4.69, 9.17) is 9.72 Å². The Kier molecular flexibility index (Phi) is 5.90. The third-order valence-electron chi connectivity index (χ3n) is 6.01. The van der Waals surface area contributed by atoms with Crippen molar-refractivity contribution < 1.29 is 9.13 Å². The molecule has 8 heteroatoms. The average Bonchev–Trinajstić information content (AvgIpc) is 2.83. The van der Waals surface area contributed by atoms with Gasteiger partial charge >= 0.3 is 0 Å². The van der Waals surface area contributed by atoms with Crippen LogP contribution in [0, 0.1) is 11.7 Å². The van der Waals surface area contributed by atoms with Gasteiger partial charge in [0.1, 0.15) is 11.3 Å². The van der Waals surface area contributed by atoms with Gasteiger partial charge in [-0.1, -0.05) is 6.07 Å². The van der Waals surface area contributed by atoms with Crippen LogP contribution in [-0.2, 0) is 4.74 Å². The Morgan fingerprint density at radius 3 is 2.84 bits per heavy atom. The Morgan fingerprint density at radius 2 is 2.03 bits per heavy atom. The summed E-state index contributed by atoms with van der Waals surface area (Å²) in [7, 11) is 0. The van der Waals surface area contributed by atoms with Crippen molar-refractivity contribution in [1.29, 1.82) is 0 Å². The van der Waals surface area contributed by atoms with Gasteiger partial charge in [-0.25, -0.2) is 14.4 Å². The van der Waals surface area contributed by atoms with Crippen molar-refractivity contribution in [3.63, 3.8) is 0 Å². The highest BCUT2D eigenvalue weighted by Crippen LogP contribution is 2.29. The summed E-state index contributed by atoms with van der Waals surface area (Å²) in [6.45, 7) is 5.55. The lowest BCUT2D eigenvalue weighted by molar-refractivity contribution is 0.122. The minimum absolute atomic E-state index is 0.247. The van der Waals surface area contributed by atoms with Crippen LogP contribution in [0.25, 0.3) is 22.3 Å². The third-order valence-corrected chi connectivity index (χ3v) is 6.01. The van der Waals surface area contributed by atoms with Crippen molar-refractivity contribution in [1.82, 2.24) is 20.3 Å². The Bertz CT molecular complexity index is 1050. The van der Waals surface area contributed by atoms with Gasteiger partial charge in [0.05, 0.1) is 30.1 Å². The predicted molar refractivity (Wildman–Crippen MR) is 120 cm³/mol. The summed E-state index contributed by atoms with van der Waals surface area (Å²) in [6.07, 6.45) is 5.73. The Hall–Kier alpha value is -2.84. The Labute approximate surface area is 181 Å². The molecule has 0 bridgehead atoms. The second-order valence-corrected chi connectivity index (χ2v) is 8.14. The van der Waals surface area contributed by atoms with Crippen LogP contribution in [0.5, 0.6) is 0 Å². The molecule has 7 nitrogen and oxygen atoms in total. The van der Waals surface area contributed by atoms with E-state index in [0.717, 1.165) is 36.2 Å². The summed E-state index contributed by atoms with van der Waals surface area (Å²) < 4.78 is 20.3. The number of hydrogen-bond acceptors (Lipinski definition) is 7. The fourth-order valence-corrected chi connectivity index (χ4v) is 4.31. The minimum Gasteiger partial charge on any atom is -0.378 e. The number of anilines is 2. The number of hydrogen-bond donors (Lipinski definition) is 2. The molecule has 1 atom stereocenters. The molecular weight excluding hydrogens is 395 g/mol. The molecule has 2 saturated heterocycles. The van der Waals surface area contributed by atoms with Crippen molar-refractivity contribution in [2.75, 3.05) is 56.2 Å². The van der Waals surface area contributed by atoms with Crippen LogP contribution in [0.1, 0.15) is 12.8 Å². The lowest BCUT2D eigenvalue weighted by Gasteiger charge is -2.29. The molecule has 31 heavy (non-hydrogen) atoms. The van der Waals surface area contributed by atoms with Crippen molar-refractivity contribution in [3.8, 4) is 11.3 Å². The molecule has 0 aliphatic carbocycles. The molecule has 0 radical (unpaired) electrons. The molecule has 2 aromatic heterocycles. The van der Waals surface area contributed by atoms with Crippen molar-refractivity contribution >= 4 is 22.5 Å². The first-order chi connectivity index (χ1) is 15.3. The van der Waals surface area contributed by atoms with E-state index in [9.17, 15) is 4.39 Å². The maximum absolute atomic E-state index is 15.0. The standard InChI is InChI=1S/C23H27FN6O/c24-18-12-17(3-4-21(18)30-8-10-31-11-9-30)19-13-20-22(27-7-6-26-20)23(29-19)28-15-16-2-1-5-25-14-16/h3-4,6-7,12-13,16,25H,1-2,5,8-11,14-15H2,(H,28,29)/t16-/m0/s1. The number of rotatable bonds is 5. The van der Waals surface area contributed by atoms with Gasteiger partial charge in [0.15, 0.2) is 5.82 Å². The van der Waals surface area contributed by atoms with E-state index in [1.807, 2.05) is 23.1 Å². The summed E-state index contributed by atoms with van der Waals surface area (Å²) in [4.78, 5) is 15.8. The Morgan fingerprint density at radius 1 is 1.16 bits per heavy atom. The monoisotopic (exact) mass is 422 g/mol. The molecule has 4 heterocycles. The Balaban J connectivity index is 1.44. The largest absolute Gasteiger partial charge is 0.378 e. The molecular formula is C23H27FN6O. The molecule has 0 saturated carbocycles. The summed E-state index contributed by atoms with van der Waals surface area (Å²) in [6, 6.07) is 7.19. The first kappa shape index (κ1) is 20.1. The van der Waals surface area contributed by atoms with Gasteiger partial charge in [-0.05, 0) is 50.0 Å². The number of nitrogens with one attached hydrogen (secondary N) is 2. The van der Waals surface area contributed by atoms with Gasteiger partial charge < -0.3 is 20.3 Å². The molecule has 2 fully saturated rings. The summed E-state index contributed by atoms with van der Waals surface area (Å²) in [5, 5.41) is 6.92. The second kappa shape index (κ2) is 9.11. The maximum atomic E-state index is 15.0. The van der Waals surface area contributed by atoms with Crippen LogP contribution in [0.4, 0.5) is 15.9 Å². The molecule has 2 aliphatic rings. The third kappa shape index (κ3) is 4.45. The van der Waals surface area contributed by atoms with Gasteiger partial charge in [-0.3, -0.25) is 4.98 Å². The van der Waals surface area contributed by atoms with E-state index in [1.54, 1.807) is 18.5 Å². The molecule has 0 amide bonds. The number of ether oxygens (including phenoxy) is 1. The average molecular weight is 423 g/mol. The number of piperidine rings is 1. The highest BCUT2D eigenvalue weighted by Gasteiger charge is 2.18. The molecule has 5 rings (SSSR count). The number of pyridine rings is 1. The van der Waals surface area contributed by atoms with E-state index >= 15 is 0 Å². The molecule has 3 aromatic rings. The first-order valence-corrected chi connectivity index (χ1v) is 11.0. The van der Waals surface area contributed by atoms with Gasteiger partial charge in [0, 0.05) is 37.6 Å². The van der Waals surface area contributed by atoms with Crippen LogP contribution in [-0.4, -0.2) is 60.9 Å². The van der Waals surface area contributed by atoms with Gasteiger partial charge in [0.25, 0.3) is 0 Å². The van der Waals surface area contributed by atoms with Crippen molar-refractivity contribution in [3.05, 3.63) is 42.5 Å². The molecule has 0 unspecified atom stereocenters. The van der Waals surface area contributed by atoms with Crippen LogP contribution < -0.4 is 15.5 Å². The number of morpholine rings is 1. The zero-order valence-corrected chi connectivity index (χ0v) is 17.5. The normalized spacial score (nSPS) is 19.5. The zero-order valence-electron chi connectivity index (χ0n) is 17.5.